The van der Waals surface area contributed by atoms with E-state index in [0.29, 0.717) is 6.61 Å². The molecule has 0 bridgehead atoms. The molecule has 4 heteroatoms. The van der Waals surface area contributed by atoms with Gasteiger partial charge >= 0.3 is 7.12 Å². The molecule has 0 amide bonds. The van der Waals surface area contributed by atoms with Crippen molar-refractivity contribution >= 4 is 7.12 Å². The minimum Gasteiger partial charge on any atom is -0.493 e. The molecule has 0 aliphatic carbocycles. The minimum absolute atomic E-state index is 0.0891. The molecule has 14 heavy (non-hydrogen) atoms. The maximum Gasteiger partial charge on any atom is 0.455 e. The fourth-order valence-electron chi connectivity index (χ4n) is 1.83. The van der Waals surface area contributed by atoms with Crippen molar-refractivity contribution in [1.29, 1.82) is 0 Å². The fraction of sp³-hybridized carbons (Fsp3) is 0.400. The summed E-state index contributed by atoms with van der Waals surface area (Å²) >= 11 is 0. The molecular formula is C10H13BO3. The summed E-state index contributed by atoms with van der Waals surface area (Å²) in [6.45, 7) is 2.36. The quantitative estimate of drug-likeness (QED) is 0.688. The van der Waals surface area contributed by atoms with Gasteiger partial charge in [-0.1, -0.05) is 25.1 Å². The molecule has 3 nitrogen and oxygen atoms in total. The normalized spacial score (nSPS) is 21.2. The largest absolute Gasteiger partial charge is 0.493 e. The SMILES string of the molecule is CC(B(O)O)C1COc2ccccc21. The van der Waals surface area contributed by atoms with Crippen LogP contribution in [-0.2, 0) is 0 Å². The molecule has 0 aromatic heterocycles. The number of rotatable bonds is 2. The van der Waals surface area contributed by atoms with Crippen molar-refractivity contribution in [3.05, 3.63) is 29.8 Å². The summed E-state index contributed by atoms with van der Waals surface area (Å²) < 4.78 is 5.46. The van der Waals surface area contributed by atoms with E-state index in [1.807, 2.05) is 31.2 Å². The average molecular weight is 192 g/mol. The molecule has 1 aliphatic heterocycles. The Morgan fingerprint density at radius 1 is 1.43 bits per heavy atom. The van der Waals surface area contributed by atoms with Crippen LogP contribution in [-0.4, -0.2) is 23.8 Å². The minimum atomic E-state index is -1.28. The van der Waals surface area contributed by atoms with Gasteiger partial charge in [-0.2, -0.15) is 0 Å². The van der Waals surface area contributed by atoms with Gasteiger partial charge in [-0.05, 0) is 6.07 Å². The van der Waals surface area contributed by atoms with Gasteiger partial charge < -0.3 is 14.8 Å². The molecule has 0 saturated carbocycles. The van der Waals surface area contributed by atoms with E-state index in [-0.39, 0.29) is 11.7 Å². The van der Waals surface area contributed by atoms with Gasteiger partial charge in [-0.15, -0.1) is 0 Å². The first kappa shape index (κ1) is 9.56. The number of hydrogen-bond acceptors (Lipinski definition) is 3. The van der Waals surface area contributed by atoms with Crippen LogP contribution in [0.3, 0.4) is 0 Å². The van der Waals surface area contributed by atoms with Gasteiger partial charge in [-0.25, -0.2) is 0 Å². The summed E-state index contributed by atoms with van der Waals surface area (Å²) in [5, 5.41) is 18.2. The van der Waals surface area contributed by atoms with E-state index < -0.39 is 7.12 Å². The molecule has 1 heterocycles. The van der Waals surface area contributed by atoms with Crippen molar-refractivity contribution in [2.45, 2.75) is 18.7 Å². The smallest absolute Gasteiger partial charge is 0.455 e. The molecule has 0 radical (unpaired) electrons. The molecule has 2 rings (SSSR count). The first-order valence-corrected chi connectivity index (χ1v) is 4.78. The molecule has 2 atom stereocenters. The van der Waals surface area contributed by atoms with Crippen molar-refractivity contribution in [3.63, 3.8) is 0 Å². The summed E-state index contributed by atoms with van der Waals surface area (Å²) in [6.07, 6.45) is 0. The Morgan fingerprint density at radius 2 is 2.14 bits per heavy atom. The van der Waals surface area contributed by atoms with Crippen LogP contribution < -0.4 is 4.74 Å². The van der Waals surface area contributed by atoms with Crippen LogP contribution in [0.4, 0.5) is 0 Å². The Morgan fingerprint density at radius 3 is 2.86 bits per heavy atom. The molecule has 2 unspecified atom stereocenters. The van der Waals surface area contributed by atoms with Crippen LogP contribution in [0.2, 0.25) is 5.82 Å². The van der Waals surface area contributed by atoms with E-state index >= 15 is 0 Å². The van der Waals surface area contributed by atoms with Crippen molar-refractivity contribution in [2.24, 2.45) is 0 Å². The zero-order chi connectivity index (χ0) is 10.1. The molecule has 1 aliphatic rings. The van der Waals surface area contributed by atoms with Gasteiger partial charge in [0.05, 0.1) is 6.61 Å². The monoisotopic (exact) mass is 192 g/mol. The Bertz CT molecular complexity index is 327. The number of fused-ring (bicyclic) bond motifs is 1. The topological polar surface area (TPSA) is 49.7 Å². The van der Waals surface area contributed by atoms with Gasteiger partial charge in [0.2, 0.25) is 0 Å². The fourth-order valence-corrected chi connectivity index (χ4v) is 1.83. The third-order valence-corrected chi connectivity index (χ3v) is 2.84. The van der Waals surface area contributed by atoms with E-state index in [1.54, 1.807) is 0 Å². The lowest BCUT2D eigenvalue weighted by molar-refractivity contribution is 0.309. The lowest BCUT2D eigenvalue weighted by Crippen LogP contribution is -2.24. The van der Waals surface area contributed by atoms with E-state index in [2.05, 4.69) is 0 Å². The van der Waals surface area contributed by atoms with Gasteiger partial charge in [0, 0.05) is 17.3 Å². The van der Waals surface area contributed by atoms with Crippen LogP contribution in [0.5, 0.6) is 5.75 Å². The first-order valence-electron chi connectivity index (χ1n) is 4.78. The third-order valence-electron chi connectivity index (χ3n) is 2.84. The van der Waals surface area contributed by atoms with Crippen molar-refractivity contribution < 1.29 is 14.8 Å². The molecule has 1 aromatic rings. The third kappa shape index (κ3) is 1.51. The number of hydrogen-bond donors (Lipinski definition) is 2. The Hall–Kier alpha value is -0.995. The molecule has 0 spiro atoms. The Balaban J connectivity index is 2.26. The zero-order valence-corrected chi connectivity index (χ0v) is 8.05. The number of ether oxygens (including phenoxy) is 1. The second-order valence-corrected chi connectivity index (χ2v) is 3.73. The summed E-state index contributed by atoms with van der Waals surface area (Å²) in [7, 11) is -1.28. The highest BCUT2D eigenvalue weighted by atomic mass is 16.5. The summed E-state index contributed by atoms with van der Waals surface area (Å²) in [4.78, 5) is 0. The first-order chi connectivity index (χ1) is 6.70. The maximum absolute atomic E-state index is 9.11. The second kappa shape index (κ2) is 3.63. The highest BCUT2D eigenvalue weighted by Gasteiger charge is 2.34. The predicted octanol–water partition coefficient (Wildman–Crippen LogP) is 1.03. The molecule has 0 saturated heterocycles. The predicted molar refractivity (Wildman–Crippen MR) is 54.3 cm³/mol. The highest BCUT2D eigenvalue weighted by Crippen LogP contribution is 2.40. The molecule has 0 fully saturated rings. The number of para-hydroxylation sites is 1. The summed E-state index contributed by atoms with van der Waals surface area (Å²) in [6, 6.07) is 7.75. The van der Waals surface area contributed by atoms with Gasteiger partial charge in [0.1, 0.15) is 5.75 Å². The van der Waals surface area contributed by atoms with E-state index in [9.17, 15) is 0 Å². The van der Waals surface area contributed by atoms with Gasteiger partial charge in [0.25, 0.3) is 0 Å². The van der Waals surface area contributed by atoms with Crippen molar-refractivity contribution in [1.82, 2.24) is 0 Å². The lowest BCUT2D eigenvalue weighted by Gasteiger charge is -2.16. The van der Waals surface area contributed by atoms with E-state index in [0.717, 1.165) is 11.3 Å². The standard InChI is InChI=1S/C10H13BO3/c1-7(11(12)13)9-6-14-10-5-3-2-4-8(9)10/h2-5,7,9,12-13H,6H2,1H3. The second-order valence-electron chi connectivity index (χ2n) is 3.73. The molecular weight excluding hydrogens is 179 g/mol. The average Bonchev–Trinajstić information content (AvgIpc) is 2.60. The lowest BCUT2D eigenvalue weighted by atomic mass is 9.65. The Labute approximate surface area is 83.5 Å². The van der Waals surface area contributed by atoms with Crippen LogP contribution in [0.25, 0.3) is 0 Å². The van der Waals surface area contributed by atoms with Crippen molar-refractivity contribution in [2.75, 3.05) is 6.61 Å². The maximum atomic E-state index is 9.11. The zero-order valence-electron chi connectivity index (χ0n) is 8.05. The van der Waals surface area contributed by atoms with Gasteiger partial charge in [0.15, 0.2) is 0 Å². The summed E-state index contributed by atoms with van der Waals surface area (Å²) in [5.74, 6) is 0.759. The van der Waals surface area contributed by atoms with Crippen LogP contribution in [0, 0.1) is 0 Å². The number of benzene rings is 1. The van der Waals surface area contributed by atoms with Crippen molar-refractivity contribution in [3.8, 4) is 5.75 Å². The van der Waals surface area contributed by atoms with Gasteiger partial charge in [-0.3, -0.25) is 0 Å². The molecule has 2 N–H and O–H groups in total. The molecule has 1 aromatic carbocycles. The van der Waals surface area contributed by atoms with E-state index in [4.69, 9.17) is 14.8 Å². The van der Waals surface area contributed by atoms with Crippen LogP contribution in [0.15, 0.2) is 24.3 Å². The van der Waals surface area contributed by atoms with Crippen LogP contribution in [0.1, 0.15) is 18.4 Å². The summed E-state index contributed by atoms with van der Waals surface area (Å²) in [5.41, 5.74) is 1.08. The van der Waals surface area contributed by atoms with Crippen LogP contribution >= 0.6 is 0 Å². The Kier molecular flexibility index (Phi) is 2.48. The molecule has 74 valence electrons. The highest BCUT2D eigenvalue weighted by molar-refractivity contribution is 6.43. The van der Waals surface area contributed by atoms with E-state index in [1.165, 1.54) is 0 Å².